The van der Waals surface area contributed by atoms with Crippen LogP contribution < -0.4 is 0 Å². The lowest BCUT2D eigenvalue weighted by Crippen LogP contribution is -2.19. The lowest BCUT2D eigenvalue weighted by Gasteiger charge is -2.13. The Labute approximate surface area is 101 Å². The third-order valence-electron chi connectivity index (χ3n) is 3.33. The average molecular weight is 225 g/mol. The summed E-state index contributed by atoms with van der Waals surface area (Å²) < 4.78 is 5.50. The molecule has 0 aromatic heterocycles. The molecule has 0 amide bonds. The van der Waals surface area contributed by atoms with Gasteiger partial charge in [-0.25, -0.2) is 0 Å². The van der Waals surface area contributed by atoms with Crippen LogP contribution in [-0.4, -0.2) is 25.5 Å². The van der Waals surface area contributed by atoms with Crippen molar-refractivity contribution in [2.24, 2.45) is 4.99 Å². The van der Waals surface area contributed by atoms with E-state index in [1.165, 1.54) is 16.3 Å². The van der Waals surface area contributed by atoms with E-state index in [9.17, 15) is 0 Å². The standard InChI is InChI=1S/C15H15NO/c1-17-14-9-10-16-15(14)13-8-4-6-11-5-2-3-7-12(11)13/h2-8,14H,9-10H2,1H3. The summed E-state index contributed by atoms with van der Waals surface area (Å²) >= 11 is 0. The molecule has 86 valence electrons. The molecule has 1 aliphatic rings. The number of methoxy groups -OCH3 is 1. The molecule has 0 bridgehead atoms. The second kappa shape index (κ2) is 4.30. The van der Waals surface area contributed by atoms with E-state index in [0.717, 1.165) is 18.7 Å². The quantitative estimate of drug-likeness (QED) is 0.769. The summed E-state index contributed by atoms with van der Waals surface area (Å²) in [5.74, 6) is 0. The van der Waals surface area contributed by atoms with Gasteiger partial charge in [0.2, 0.25) is 0 Å². The molecule has 0 fully saturated rings. The van der Waals surface area contributed by atoms with Gasteiger partial charge in [0.05, 0.1) is 5.71 Å². The summed E-state index contributed by atoms with van der Waals surface area (Å²) in [6.45, 7) is 0.872. The first-order valence-corrected chi connectivity index (χ1v) is 5.95. The minimum Gasteiger partial charge on any atom is -0.375 e. The Morgan fingerprint density at radius 1 is 1.12 bits per heavy atom. The predicted molar refractivity (Wildman–Crippen MR) is 70.8 cm³/mol. The Hall–Kier alpha value is -1.67. The molecule has 0 saturated carbocycles. The first-order chi connectivity index (χ1) is 8.40. The van der Waals surface area contributed by atoms with E-state index in [2.05, 4.69) is 47.5 Å². The first kappa shape index (κ1) is 10.5. The van der Waals surface area contributed by atoms with E-state index in [4.69, 9.17) is 4.74 Å². The molecule has 1 aliphatic heterocycles. The van der Waals surface area contributed by atoms with Crippen molar-refractivity contribution in [3.05, 3.63) is 48.0 Å². The van der Waals surface area contributed by atoms with Crippen LogP contribution in [0.5, 0.6) is 0 Å². The van der Waals surface area contributed by atoms with Crippen molar-refractivity contribution in [2.45, 2.75) is 12.5 Å². The number of aliphatic imine (C=N–C) groups is 1. The molecule has 2 nitrogen and oxygen atoms in total. The maximum atomic E-state index is 5.50. The maximum absolute atomic E-state index is 5.50. The van der Waals surface area contributed by atoms with Crippen LogP contribution in [0.2, 0.25) is 0 Å². The van der Waals surface area contributed by atoms with E-state index in [1.807, 2.05) is 0 Å². The van der Waals surface area contributed by atoms with Crippen LogP contribution in [0.1, 0.15) is 12.0 Å². The highest BCUT2D eigenvalue weighted by atomic mass is 16.5. The summed E-state index contributed by atoms with van der Waals surface area (Å²) in [7, 11) is 1.76. The van der Waals surface area contributed by atoms with Crippen molar-refractivity contribution in [1.29, 1.82) is 0 Å². The maximum Gasteiger partial charge on any atom is 0.101 e. The summed E-state index contributed by atoms with van der Waals surface area (Å²) in [6, 6.07) is 14.8. The highest BCUT2D eigenvalue weighted by Crippen LogP contribution is 2.24. The van der Waals surface area contributed by atoms with Gasteiger partial charge in [-0.1, -0.05) is 42.5 Å². The fraction of sp³-hybridized carbons (Fsp3) is 0.267. The minimum atomic E-state index is 0.154. The Bertz CT molecular complexity index is 569. The van der Waals surface area contributed by atoms with E-state index in [1.54, 1.807) is 7.11 Å². The Kier molecular flexibility index (Phi) is 2.65. The van der Waals surface area contributed by atoms with Gasteiger partial charge in [0.1, 0.15) is 6.10 Å². The monoisotopic (exact) mass is 225 g/mol. The fourth-order valence-corrected chi connectivity index (χ4v) is 2.48. The third-order valence-corrected chi connectivity index (χ3v) is 3.33. The highest BCUT2D eigenvalue weighted by Gasteiger charge is 2.22. The van der Waals surface area contributed by atoms with Gasteiger partial charge in [-0.05, 0) is 17.2 Å². The van der Waals surface area contributed by atoms with Crippen molar-refractivity contribution < 1.29 is 4.74 Å². The van der Waals surface area contributed by atoms with E-state index in [0.29, 0.717) is 0 Å². The average Bonchev–Trinajstić information content (AvgIpc) is 2.86. The molecule has 0 aliphatic carbocycles. The second-order valence-corrected chi connectivity index (χ2v) is 4.31. The molecule has 1 atom stereocenters. The van der Waals surface area contributed by atoms with Crippen molar-refractivity contribution in [3.8, 4) is 0 Å². The molecule has 1 unspecified atom stereocenters. The van der Waals surface area contributed by atoms with Gasteiger partial charge < -0.3 is 4.74 Å². The van der Waals surface area contributed by atoms with Crippen LogP contribution in [0.4, 0.5) is 0 Å². The van der Waals surface area contributed by atoms with Crippen molar-refractivity contribution in [3.63, 3.8) is 0 Å². The molecule has 0 N–H and O–H groups in total. The second-order valence-electron chi connectivity index (χ2n) is 4.31. The summed E-state index contributed by atoms with van der Waals surface area (Å²) in [5, 5.41) is 2.52. The normalized spacial score (nSPS) is 19.6. The fourth-order valence-electron chi connectivity index (χ4n) is 2.48. The van der Waals surface area contributed by atoms with Crippen molar-refractivity contribution in [1.82, 2.24) is 0 Å². The van der Waals surface area contributed by atoms with Crippen LogP contribution in [0.25, 0.3) is 10.8 Å². The van der Waals surface area contributed by atoms with Crippen LogP contribution in [0, 0.1) is 0 Å². The topological polar surface area (TPSA) is 21.6 Å². The molecule has 0 spiro atoms. The molecule has 17 heavy (non-hydrogen) atoms. The van der Waals surface area contributed by atoms with Gasteiger partial charge in [-0.3, -0.25) is 4.99 Å². The van der Waals surface area contributed by atoms with E-state index >= 15 is 0 Å². The number of fused-ring (bicyclic) bond motifs is 1. The van der Waals surface area contributed by atoms with E-state index in [-0.39, 0.29) is 6.10 Å². The zero-order chi connectivity index (χ0) is 11.7. The summed E-state index contributed by atoms with van der Waals surface area (Å²) in [4.78, 5) is 4.60. The van der Waals surface area contributed by atoms with Crippen LogP contribution in [-0.2, 0) is 4.74 Å². The Morgan fingerprint density at radius 3 is 2.82 bits per heavy atom. The van der Waals surface area contributed by atoms with Crippen molar-refractivity contribution in [2.75, 3.05) is 13.7 Å². The van der Waals surface area contributed by atoms with Gasteiger partial charge in [0.15, 0.2) is 0 Å². The van der Waals surface area contributed by atoms with Gasteiger partial charge in [0.25, 0.3) is 0 Å². The van der Waals surface area contributed by atoms with E-state index < -0.39 is 0 Å². The SMILES string of the molecule is COC1CCN=C1c1cccc2ccccc12. The number of benzene rings is 2. The number of ether oxygens (including phenoxy) is 1. The van der Waals surface area contributed by atoms with Gasteiger partial charge >= 0.3 is 0 Å². The molecular formula is C15H15NO. The first-order valence-electron chi connectivity index (χ1n) is 5.95. The largest absolute Gasteiger partial charge is 0.375 e. The molecule has 3 rings (SSSR count). The van der Waals surface area contributed by atoms with Gasteiger partial charge in [-0.15, -0.1) is 0 Å². The number of hydrogen-bond donors (Lipinski definition) is 0. The van der Waals surface area contributed by atoms with Gasteiger partial charge in [-0.2, -0.15) is 0 Å². The number of nitrogens with zero attached hydrogens (tertiary/aromatic N) is 1. The lowest BCUT2D eigenvalue weighted by molar-refractivity contribution is 0.157. The van der Waals surface area contributed by atoms with Crippen LogP contribution in [0.15, 0.2) is 47.5 Å². The molecule has 2 aromatic rings. The molecule has 0 radical (unpaired) electrons. The Morgan fingerprint density at radius 2 is 1.94 bits per heavy atom. The predicted octanol–water partition coefficient (Wildman–Crippen LogP) is 3.05. The van der Waals surface area contributed by atoms with Crippen LogP contribution in [0.3, 0.4) is 0 Å². The van der Waals surface area contributed by atoms with Crippen LogP contribution >= 0.6 is 0 Å². The molecule has 0 saturated heterocycles. The number of rotatable bonds is 2. The summed E-state index contributed by atoms with van der Waals surface area (Å²) in [6.07, 6.45) is 1.15. The molecule has 2 aromatic carbocycles. The lowest BCUT2D eigenvalue weighted by atomic mass is 9.98. The summed E-state index contributed by atoms with van der Waals surface area (Å²) in [5.41, 5.74) is 2.32. The third kappa shape index (κ3) is 1.75. The zero-order valence-corrected chi connectivity index (χ0v) is 9.89. The van der Waals surface area contributed by atoms with Crippen molar-refractivity contribution >= 4 is 16.5 Å². The number of hydrogen-bond acceptors (Lipinski definition) is 2. The molecule has 1 heterocycles. The molecular weight excluding hydrogens is 210 g/mol. The molecule has 2 heteroatoms. The zero-order valence-electron chi connectivity index (χ0n) is 9.89. The highest BCUT2D eigenvalue weighted by molar-refractivity contribution is 6.13. The van der Waals surface area contributed by atoms with Gasteiger partial charge in [0, 0.05) is 19.2 Å². The minimum absolute atomic E-state index is 0.154. The Balaban J connectivity index is 2.17. The smallest absolute Gasteiger partial charge is 0.101 e.